The molecule has 0 aromatic rings. The van der Waals surface area contributed by atoms with Gasteiger partial charge < -0.3 is 0 Å². The van der Waals surface area contributed by atoms with Crippen LogP contribution in [0.25, 0.3) is 0 Å². The van der Waals surface area contributed by atoms with E-state index in [0.717, 1.165) is 12.3 Å². The minimum Gasteiger partial charge on any atom is -0.198 e. The van der Waals surface area contributed by atoms with Gasteiger partial charge in [0.2, 0.25) is 0 Å². The average molecular weight is 146 g/mol. The van der Waals surface area contributed by atoms with E-state index in [1.807, 2.05) is 0 Å². The van der Waals surface area contributed by atoms with Gasteiger partial charge in [-0.15, -0.1) is 12.4 Å². The van der Waals surface area contributed by atoms with Gasteiger partial charge in [0, 0.05) is 6.42 Å². The summed E-state index contributed by atoms with van der Waals surface area (Å²) >= 11 is 0. The lowest BCUT2D eigenvalue weighted by Gasteiger charge is -1.97. The number of hydrogen-bond acceptors (Lipinski definition) is 1. The van der Waals surface area contributed by atoms with Crippen LogP contribution in [0.3, 0.4) is 0 Å². The normalized spacial score (nSPS) is 18.6. The lowest BCUT2D eigenvalue weighted by atomic mass is 10.1. The van der Waals surface area contributed by atoms with Crippen LogP contribution in [-0.2, 0) is 0 Å². The van der Waals surface area contributed by atoms with Crippen molar-refractivity contribution in [2.24, 2.45) is 5.92 Å². The Labute approximate surface area is 62.5 Å². The summed E-state index contributed by atoms with van der Waals surface area (Å²) < 4.78 is 0. The van der Waals surface area contributed by atoms with Gasteiger partial charge in [0.25, 0.3) is 0 Å². The molecule has 0 amide bonds. The summed E-state index contributed by atoms with van der Waals surface area (Å²) in [6.07, 6.45) is 6.10. The smallest absolute Gasteiger partial charge is 0.0624 e. The minimum atomic E-state index is 0. The van der Waals surface area contributed by atoms with E-state index in [-0.39, 0.29) is 12.4 Å². The Bertz CT molecular complexity index is 100.0. The Morgan fingerprint density at radius 2 is 1.89 bits per heavy atom. The molecule has 0 N–H and O–H groups in total. The van der Waals surface area contributed by atoms with E-state index in [9.17, 15) is 0 Å². The van der Waals surface area contributed by atoms with Crippen molar-refractivity contribution >= 4 is 12.4 Å². The summed E-state index contributed by atoms with van der Waals surface area (Å²) in [6.45, 7) is 0. The molecule has 0 aromatic heterocycles. The third-order valence-corrected chi connectivity index (χ3v) is 1.85. The molecule has 0 spiro atoms. The maximum Gasteiger partial charge on any atom is 0.0624 e. The molecule has 1 aliphatic carbocycles. The van der Waals surface area contributed by atoms with Crippen molar-refractivity contribution in [1.82, 2.24) is 0 Å². The van der Waals surface area contributed by atoms with Gasteiger partial charge in [-0.3, -0.25) is 0 Å². The summed E-state index contributed by atoms with van der Waals surface area (Å²) in [5.41, 5.74) is 0. The molecule has 0 saturated heterocycles. The molecule has 9 heavy (non-hydrogen) atoms. The molecule has 0 radical (unpaired) electrons. The maximum atomic E-state index is 8.28. The second-order valence-electron chi connectivity index (χ2n) is 2.51. The first-order valence-electron chi connectivity index (χ1n) is 3.30. The Balaban J connectivity index is 0.000000640. The quantitative estimate of drug-likeness (QED) is 0.556. The number of nitrogens with zero attached hydrogens (tertiary/aromatic N) is 1. The molecule has 0 aromatic carbocycles. The topological polar surface area (TPSA) is 23.8 Å². The van der Waals surface area contributed by atoms with E-state index in [0.29, 0.717) is 0 Å². The number of nitriles is 1. The largest absolute Gasteiger partial charge is 0.198 e. The predicted molar refractivity (Wildman–Crippen MR) is 39.4 cm³/mol. The fraction of sp³-hybridized carbons (Fsp3) is 0.857. The first-order valence-corrected chi connectivity index (χ1v) is 3.30. The molecular formula is C7H12ClN. The minimum absolute atomic E-state index is 0. The van der Waals surface area contributed by atoms with E-state index in [1.54, 1.807) is 0 Å². The van der Waals surface area contributed by atoms with Crippen LogP contribution >= 0.6 is 12.4 Å². The molecule has 0 atom stereocenters. The average Bonchev–Trinajstić information content (AvgIpc) is 2.19. The maximum absolute atomic E-state index is 8.28. The van der Waals surface area contributed by atoms with Gasteiger partial charge in [-0.05, 0) is 18.8 Å². The lowest BCUT2D eigenvalue weighted by molar-refractivity contribution is 0.564. The Hall–Kier alpha value is -0.220. The zero-order valence-corrected chi connectivity index (χ0v) is 6.28. The fourth-order valence-electron chi connectivity index (χ4n) is 1.34. The van der Waals surface area contributed by atoms with Gasteiger partial charge >= 0.3 is 0 Å². The van der Waals surface area contributed by atoms with Crippen LogP contribution in [0.4, 0.5) is 0 Å². The molecule has 0 heterocycles. The molecule has 52 valence electrons. The van der Waals surface area contributed by atoms with Crippen molar-refractivity contribution in [2.75, 3.05) is 0 Å². The molecule has 1 saturated carbocycles. The van der Waals surface area contributed by atoms with E-state index < -0.39 is 0 Å². The Morgan fingerprint density at radius 1 is 1.33 bits per heavy atom. The van der Waals surface area contributed by atoms with Crippen molar-refractivity contribution in [3.8, 4) is 6.07 Å². The molecule has 0 bridgehead atoms. The molecule has 0 unspecified atom stereocenters. The highest BCUT2D eigenvalue weighted by Gasteiger charge is 2.13. The molecule has 1 aliphatic rings. The van der Waals surface area contributed by atoms with Gasteiger partial charge in [0.15, 0.2) is 0 Å². The molecule has 2 heteroatoms. The highest BCUT2D eigenvalue weighted by molar-refractivity contribution is 5.85. The van der Waals surface area contributed by atoms with Crippen LogP contribution in [0.5, 0.6) is 0 Å². The second-order valence-corrected chi connectivity index (χ2v) is 2.51. The molecule has 0 aliphatic heterocycles. The van der Waals surface area contributed by atoms with Crippen LogP contribution in [0.1, 0.15) is 32.1 Å². The lowest BCUT2D eigenvalue weighted by Crippen LogP contribution is -1.88. The third-order valence-electron chi connectivity index (χ3n) is 1.85. The van der Waals surface area contributed by atoms with Crippen molar-refractivity contribution in [1.29, 1.82) is 5.26 Å². The summed E-state index contributed by atoms with van der Waals surface area (Å²) in [6, 6.07) is 2.21. The second kappa shape index (κ2) is 4.64. The van der Waals surface area contributed by atoms with Gasteiger partial charge in [-0.25, -0.2) is 0 Å². The Kier molecular flexibility index (Phi) is 4.53. The van der Waals surface area contributed by atoms with Gasteiger partial charge in [-0.2, -0.15) is 5.26 Å². The highest BCUT2D eigenvalue weighted by Crippen LogP contribution is 2.26. The van der Waals surface area contributed by atoms with E-state index in [4.69, 9.17) is 5.26 Å². The third kappa shape index (κ3) is 2.72. The van der Waals surface area contributed by atoms with Crippen LogP contribution < -0.4 is 0 Å². The number of halogens is 1. The van der Waals surface area contributed by atoms with Crippen LogP contribution in [0.15, 0.2) is 0 Å². The van der Waals surface area contributed by atoms with Gasteiger partial charge in [0.1, 0.15) is 0 Å². The number of rotatable bonds is 1. The summed E-state index contributed by atoms with van der Waals surface area (Å²) in [4.78, 5) is 0. The predicted octanol–water partition coefficient (Wildman–Crippen LogP) is 2.51. The molecule has 1 rings (SSSR count). The van der Waals surface area contributed by atoms with Crippen LogP contribution in [0, 0.1) is 17.2 Å². The number of hydrogen-bond donors (Lipinski definition) is 0. The van der Waals surface area contributed by atoms with Crippen molar-refractivity contribution in [3.63, 3.8) is 0 Å². The van der Waals surface area contributed by atoms with Crippen molar-refractivity contribution in [2.45, 2.75) is 32.1 Å². The molecule has 1 fully saturated rings. The Morgan fingerprint density at radius 3 is 2.33 bits per heavy atom. The zero-order chi connectivity index (χ0) is 5.82. The van der Waals surface area contributed by atoms with E-state index >= 15 is 0 Å². The summed E-state index contributed by atoms with van der Waals surface area (Å²) in [5.74, 6) is 0.750. The SMILES string of the molecule is Cl.N#CCC1CCCC1. The highest BCUT2D eigenvalue weighted by atomic mass is 35.5. The molecular weight excluding hydrogens is 134 g/mol. The standard InChI is InChI=1S/C7H11N.ClH/c8-6-5-7-3-1-2-4-7;/h7H,1-5H2;1H. The van der Waals surface area contributed by atoms with Crippen molar-refractivity contribution in [3.05, 3.63) is 0 Å². The van der Waals surface area contributed by atoms with E-state index in [1.165, 1.54) is 25.7 Å². The zero-order valence-electron chi connectivity index (χ0n) is 5.47. The van der Waals surface area contributed by atoms with Gasteiger partial charge in [0.05, 0.1) is 6.07 Å². The fourth-order valence-corrected chi connectivity index (χ4v) is 1.34. The monoisotopic (exact) mass is 145 g/mol. The summed E-state index contributed by atoms with van der Waals surface area (Å²) in [7, 11) is 0. The molecule has 1 nitrogen and oxygen atoms in total. The van der Waals surface area contributed by atoms with Gasteiger partial charge in [-0.1, -0.05) is 12.8 Å². The van der Waals surface area contributed by atoms with E-state index in [2.05, 4.69) is 6.07 Å². The first kappa shape index (κ1) is 8.78. The first-order chi connectivity index (χ1) is 3.93. The van der Waals surface area contributed by atoms with Crippen LogP contribution in [-0.4, -0.2) is 0 Å². The summed E-state index contributed by atoms with van der Waals surface area (Å²) in [5, 5.41) is 8.28. The van der Waals surface area contributed by atoms with Crippen molar-refractivity contribution < 1.29 is 0 Å². The van der Waals surface area contributed by atoms with Crippen LogP contribution in [0.2, 0.25) is 0 Å².